The number of benzene rings is 1. The summed E-state index contributed by atoms with van der Waals surface area (Å²) in [7, 11) is 4.01. The van der Waals surface area contributed by atoms with E-state index < -0.39 is 18.1 Å². The maximum Gasteiger partial charge on any atom is 0.309 e. The Morgan fingerprint density at radius 2 is 1.50 bits per heavy atom. The van der Waals surface area contributed by atoms with Crippen molar-refractivity contribution in [1.29, 1.82) is 0 Å². The van der Waals surface area contributed by atoms with Crippen LogP contribution in [0.4, 0.5) is 5.69 Å². The Hall–Kier alpha value is -2.16. The lowest BCUT2D eigenvalue weighted by atomic mass is 10.0. The molecule has 2 rings (SSSR count). The highest BCUT2D eigenvalue weighted by atomic mass is 16.7. The minimum absolute atomic E-state index is 0.0417. The minimum Gasteiger partial charge on any atom is -0.378 e. The monoisotopic (exact) mass is 420 g/mol. The summed E-state index contributed by atoms with van der Waals surface area (Å²) in [5, 5.41) is 5.38. The van der Waals surface area contributed by atoms with Crippen LogP contribution >= 0.6 is 0 Å². The van der Waals surface area contributed by atoms with E-state index in [1.165, 1.54) is 0 Å². The Morgan fingerprint density at radius 1 is 0.967 bits per heavy atom. The molecule has 1 aromatic rings. The van der Waals surface area contributed by atoms with Crippen LogP contribution in [0, 0.1) is 0 Å². The molecule has 1 aromatic carbocycles. The van der Waals surface area contributed by atoms with E-state index in [1.54, 1.807) is 0 Å². The highest BCUT2D eigenvalue weighted by Crippen LogP contribution is 2.26. The topological polar surface area (TPSA) is 83.1 Å². The summed E-state index contributed by atoms with van der Waals surface area (Å²) in [6.07, 6.45) is 1.75. The molecule has 30 heavy (non-hydrogen) atoms. The standard InChI is InChI=1S/C22H36N4O4/c1-5-29-20(30-6-2)16-24-22(28)21(27)23-15-19(26-13-7-8-14-26)17-9-11-18(12-10-17)25(3)4/h9-12,19-20H,5-8,13-16H2,1-4H3,(H,23,27)(H,24,28)/t19-/m0/s1. The summed E-state index contributed by atoms with van der Waals surface area (Å²) in [5.41, 5.74) is 2.26. The molecule has 0 saturated carbocycles. The summed E-state index contributed by atoms with van der Waals surface area (Å²) in [6.45, 7) is 7.14. The number of anilines is 1. The zero-order valence-electron chi connectivity index (χ0n) is 18.6. The van der Waals surface area contributed by atoms with Crippen LogP contribution in [0.2, 0.25) is 0 Å². The van der Waals surface area contributed by atoms with E-state index in [2.05, 4.69) is 44.7 Å². The smallest absolute Gasteiger partial charge is 0.309 e. The zero-order chi connectivity index (χ0) is 21.9. The molecule has 0 spiro atoms. The second-order valence-electron chi connectivity index (χ2n) is 7.51. The highest BCUT2D eigenvalue weighted by molar-refractivity contribution is 6.35. The lowest BCUT2D eigenvalue weighted by Crippen LogP contribution is -2.46. The lowest BCUT2D eigenvalue weighted by molar-refractivity contribution is -0.146. The molecule has 8 heteroatoms. The molecule has 1 heterocycles. The van der Waals surface area contributed by atoms with Gasteiger partial charge in [-0.2, -0.15) is 0 Å². The van der Waals surface area contributed by atoms with Gasteiger partial charge in [0.25, 0.3) is 0 Å². The molecular weight excluding hydrogens is 384 g/mol. The van der Waals surface area contributed by atoms with Crippen LogP contribution < -0.4 is 15.5 Å². The van der Waals surface area contributed by atoms with E-state index in [-0.39, 0.29) is 12.6 Å². The maximum absolute atomic E-state index is 12.3. The predicted octanol–water partition coefficient (Wildman–Crippen LogP) is 1.52. The fourth-order valence-electron chi connectivity index (χ4n) is 3.57. The molecule has 8 nitrogen and oxygen atoms in total. The number of likely N-dealkylation sites (tertiary alicyclic amines) is 1. The van der Waals surface area contributed by atoms with Crippen LogP contribution in [-0.4, -0.2) is 76.5 Å². The van der Waals surface area contributed by atoms with Gasteiger partial charge < -0.3 is 25.0 Å². The lowest BCUT2D eigenvalue weighted by Gasteiger charge is -2.28. The van der Waals surface area contributed by atoms with E-state index in [9.17, 15) is 9.59 Å². The number of ether oxygens (including phenoxy) is 2. The van der Waals surface area contributed by atoms with Gasteiger partial charge >= 0.3 is 11.8 Å². The van der Waals surface area contributed by atoms with Crippen molar-refractivity contribution in [2.45, 2.75) is 39.0 Å². The first-order valence-electron chi connectivity index (χ1n) is 10.8. The maximum atomic E-state index is 12.3. The number of hydrogen-bond acceptors (Lipinski definition) is 6. The van der Waals surface area contributed by atoms with Crippen molar-refractivity contribution in [1.82, 2.24) is 15.5 Å². The zero-order valence-corrected chi connectivity index (χ0v) is 18.6. The van der Waals surface area contributed by atoms with E-state index in [0.29, 0.717) is 19.8 Å². The number of nitrogens with zero attached hydrogens (tertiary/aromatic N) is 2. The third kappa shape index (κ3) is 7.27. The van der Waals surface area contributed by atoms with Gasteiger partial charge in [-0.15, -0.1) is 0 Å². The van der Waals surface area contributed by atoms with Gasteiger partial charge in [0.05, 0.1) is 12.6 Å². The van der Waals surface area contributed by atoms with Gasteiger partial charge in [0.2, 0.25) is 0 Å². The van der Waals surface area contributed by atoms with Crippen molar-refractivity contribution in [3.05, 3.63) is 29.8 Å². The number of carbonyl (C=O) groups excluding carboxylic acids is 2. The third-order valence-electron chi connectivity index (χ3n) is 5.17. The molecule has 2 amide bonds. The summed E-state index contributed by atoms with van der Waals surface area (Å²) in [4.78, 5) is 28.9. The first-order chi connectivity index (χ1) is 14.5. The van der Waals surface area contributed by atoms with Crippen LogP contribution in [-0.2, 0) is 19.1 Å². The Morgan fingerprint density at radius 3 is 2.00 bits per heavy atom. The van der Waals surface area contributed by atoms with Crippen molar-refractivity contribution in [3.63, 3.8) is 0 Å². The SMILES string of the molecule is CCOC(CNC(=O)C(=O)NC[C@@H](c1ccc(N(C)C)cc1)N1CCCC1)OCC. The quantitative estimate of drug-likeness (QED) is 0.417. The first-order valence-corrected chi connectivity index (χ1v) is 10.8. The van der Waals surface area contributed by atoms with Crippen LogP contribution in [0.15, 0.2) is 24.3 Å². The van der Waals surface area contributed by atoms with Crippen LogP contribution in [0.5, 0.6) is 0 Å². The molecule has 1 fully saturated rings. The van der Waals surface area contributed by atoms with E-state index in [1.807, 2.05) is 27.9 Å². The molecule has 1 atom stereocenters. The summed E-state index contributed by atoms with van der Waals surface area (Å²) >= 11 is 0. The number of rotatable bonds is 11. The molecule has 0 aromatic heterocycles. The van der Waals surface area contributed by atoms with Crippen LogP contribution in [0.1, 0.15) is 38.3 Å². The summed E-state index contributed by atoms with van der Waals surface area (Å²) < 4.78 is 10.8. The molecule has 1 aliphatic heterocycles. The molecule has 1 saturated heterocycles. The van der Waals surface area contributed by atoms with Crippen molar-refractivity contribution >= 4 is 17.5 Å². The normalized spacial score (nSPS) is 15.2. The summed E-state index contributed by atoms with van der Waals surface area (Å²) in [5.74, 6) is -1.32. The fraction of sp³-hybridized carbons (Fsp3) is 0.636. The molecule has 0 radical (unpaired) electrons. The number of nitrogens with one attached hydrogen (secondary N) is 2. The van der Waals surface area contributed by atoms with Gasteiger partial charge in [-0.3, -0.25) is 14.5 Å². The first kappa shape index (κ1) is 24.1. The second kappa shape index (κ2) is 12.5. The van der Waals surface area contributed by atoms with Crippen LogP contribution in [0.25, 0.3) is 0 Å². The number of carbonyl (C=O) groups is 2. The largest absolute Gasteiger partial charge is 0.378 e. The summed E-state index contributed by atoms with van der Waals surface area (Å²) in [6, 6.07) is 8.39. The third-order valence-corrected chi connectivity index (χ3v) is 5.17. The molecular formula is C22H36N4O4. The van der Waals surface area contributed by atoms with Crippen molar-refractivity contribution in [2.75, 3.05) is 58.4 Å². The fourth-order valence-corrected chi connectivity index (χ4v) is 3.57. The predicted molar refractivity (Wildman–Crippen MR) is 117 cm³/mol. The van der Waals surface area contributed by atoms with Gasteiger partial charge in [0, 0.05) is 39.5 Å². The molecule has 0 unspecified atom stereocenters. The van der Waals surface area contributed by atoms with Gasteiger partial charge in [0.1, 0.15) is 0 Å². The van der Waals surface area contributed by atoms with Crippen molar-refractivity contribution in [2.24, 2.45) is 0 Å². The van der Waals surface area contributed by atoms with E-state index in [4.69, 9.17) is 9.47 Å². The van der Waals surface area contributed by atoms with Crippen molar-refractivity contribution < 1.29 is 19.1 Å². The number of amides is 2. The Labute approximate surface area is 179 Å². The molecule has 168 valence electrons. The second-order valence-corrected chi connectivity index (χ2v) is 7.51. The molecule has 0 bridgehead atoms. The van der Waals surface area contributed by atoms with Gasteiger partial charge in [-0.1, -0.05) is 12.1 Å². The molecule has 1 aliphatic rings. The van der Waals surface area contributed by atoms with Gasteiger partial charge in [0.15, 0.2) is 6.29 Å². The highest BCUT2D eigenvalue weighted by Gasteiger charge is 2.25. The minimum atomic E-state index is -0.678. The van der Waals surface area contributed by atoms with Crippen LogP contribution in [0.3, 0.4) is 0 Å². The average molecular weight is 421 g/mol. The molecule has 0 aliphatic carbocycles. The van der Waals surface area contributed by atoms with Gasteiger partial charge in [-0.25, -0.2) is 0 Å². The average Bonchev–Trinajstić information content (AvgIpc) is 3.27. The Kier molecular flexibility index (Phi) is 10.1. The number of hydrogen-bond donors (Lipinski definition) is 2. The Bertz CT molecular complexity index is 654. The Balaban J connectivity index is 1.94. The molecule has 2 N–H and O–H groups in total. The van der Waals surface area contributed by atoms with Crippen molar-refractivity contribution in [3.8, 4) is 0 Å². The van der Waals surface area contributed by atoms with Gasteiger partial charge in [-0.05, 0) is 57.5 Å². The van der Waals surface area contributed by atoms with E-state index >= 15 is 0 Å². The van der Waals surface area contributed by atoms with E-state index in [0.717, 1.165) is 37.2 Å².